The Kier molecular flexibility index (Phi) is 3.34. The van der Waals surface area contributed by atoms with Crippen LogP contribution in [0.5, 0.6) is 0 Å². The monoisotopic (exact) mass is 215 g/mol. The maximum atomic E-state index is 4.18. The molecule has 1 aromatic carbocycles. The number of benzene rings is 1. The Morgan fingerprint density at radius 3 is 2.62 bits per heavy atom. The Bertz CT molecular complexity index is 431. The first-order valence-electron chi connectivity index (χ1n) is 5.71. The third kappa shape index (κ3) is 2.69. The maximum Gasteiger partial charge on any atom is 0.113 e. The van der Waals surface area contributed by atoms with E-state index in [1.54, 1.807) is 0 Å². The van der Waals surface area contributed by atoms with Crippen molar-refractivity contribution in [2.75, 3.05) is 0 Å². The zero-order valence-corrected chi connectivity index (χ0v) is 9.80. The predicted molar refractivity (Wildman–Crippen MR) is 64.9 cm³/mol. The van der Waals surface area contributed by atoms with Crippen LogP contribution >= 0.6 is 0 Å². The van der Waals surface area contributed by atoms with Crippen LogP contribution < -0.4 is 0 Å². The van der Waals surface area contributed by atoms with E-state index >= 15 is 0 Å². The summed E-state index contributed by atoms with van der Waals surface area (Å²) in [4.78, 5) is 0. The van der Waals surface area contributed by atoms with E-state index in [9.17, 15) is 0 Å². The van der Waals surface area contributed by atoms with Gasteiger partial charge in [0.2, 0.25) is 0 Å². The summed E-state index contributed by atoms with van der Waals surface area (Å²) in [5.41, 5.74) is 2.07. The van der Waals surface area contributed by atoms with E-state index in [1.807, 2.05) is 29.1 Å². The predicted octanol–water partition coefficient (Wildman–Crippen LogP) is 2.99. The van der Waals surface area contributed by atoms with E-state index in [2.05, 4.69) is 36.3 Å². The number of aryl methyl sites for hydroxylation is 1. The Labute approximate surface area is 96.1 Å². The Morgan fingerprint density at radius 2 is 1.94 bits per heavy atom. The molecule has 0 aliphatic carbocycles. The van der Waals surface area contributed by atoms with Gasteiger partial charge in [0.05, 0.1) is 6.20 Å². The molecular weight excluding hydrogens is 198 g/mol. The molecule has 2 rings (SSSR count). The van der Waals surface area contributed by atoms with Crippen LogP contribution in [0.15, 0.2) is 36.5 Å². The number of hydrogen-bond donors (Lipinski definition) is 0. The lowest BCUT2D eigenvalue weighted by Crippen LogP contribution is -2.01. The molecular formula is C13H17N3. The van der Waals surface area contributed by atoms with Crippen molar-refractivity contribution in [2.24, 2.45) is 5.92 Å². The molecule has 84 valence electrons. The van der Waals surface area contributed by atoms with Gasteiger partial charge >= 0.3 is 0 Å². The molecule has 0 fully saturated rings. The van der Waals surface area contributed by atoms with Crippen LogP contribution in [0.3, 0.4) is 0 Å². The highest BCUT2D eigenvalue weighted by Gasteiger charge is 2.03. The van der Waals surface area contributed by atoms with Gasteiger partial charge in [-0.1, -0.05) is 49.4 Å². The molecule has 0 saturated carbocycles. The van der Waals surface area contributed by atoms with Crippen molar-refractivity contribution in [2.45, 2.75) is 26.8 Å². The van der Waals surface area contributed by atoms with Crippen molar-refractivity contribution in [3.63, 3.8) is 0 Å². The standard InChI is InChI=1S/C13H17N3/c1-11(2)8-9-16-10-13(14-15-16)12-6-4-3-5-7-12/h3-7,10-11H,8-9H2,1-2H3. The molecule has 1 heterocycles. The number of nitrogens with zero attached hydrogens (tertiary/aromatic N) is 3. The van der Waals surface area contributed by atoms with Gasteiger partial charge in [0, 0.05) is 12.1 Å². The third-order valence-corrected chi connectivity index (χ3v) is 2.54. The van der Waals surface area contributed by atoms with Gasteiger partial charge in [0.15, 0.2) is 0 Å². The van der Waals surface area contributed by atoms with Crippen LogP contribution in [0.25, 0.3) is 11.3 Å². The summed E-state index contributed by atoms with van der Waals surface area (Å²) in [5.74, 6) is 0.698. The first kappa shape index (κ1) is 10.9. The van der Waals surface area contributed by atoms with Crippen molar-refractivity contribution in [3.8, 4) is 11.3 Å². The van der Waals surface area contributed by atoms with Crippen LogP contribution in [0.2, 0.25) is 0 Å². The van der Waals surface area contributed by atoms with E-state index < -0.39 is 0 Å². The van der Waals surface area contributed by atoms with Crippen LogP contribution in [0, 0.1) is 5.92 Å². The fourth-order valence-electron chi connectivity index (χ4n) is 1.54. The van der Waals surface area contributed by atoms with Gasteiger partial charge in [0.25, 0.3) is 0 Å². The normalized spacial score (nSPS) is 10.9. The fraction of sp³-hybridized carbons (Fsp3) is 0.385. The summed E-state index contributed by atoms with van der Waals surface area (Å²) in [6.07, 6.45) is 3.15. The van der Waals surface area contributed by atoms with Crippen molar-refractivity contribution in [1.29, 1.82) is 0 Å². The third-order valence-electron chi connectivity index (χ3n) is 2.54. The van der Waals surface area contributed by atoms with E-state index in [0.717, 1.165) is 24.2 Å². The molecule has 0 N–H and O–H groups in total. The molecule has 0 radical (unpaired) electrons. The summed E-state index contributed by atoms with van der Waals surface area (Å²) in [5, 5.41) is 8.31. The summed E-state index contributed by atoms with van der Waals surface area (Å²) in [6.45, 7) is 5.38. The van der Waals surface area contributed by atoms with Gasteiger partial charge in [0.1, 0.15) is 5.69 Å². The van der Waals surface area contributed by atoms with Crippen molar-refractivity contribution in [1.82, 2.24) is 15.0 Å². The van der Waals surface area contributed by atoms with Gasteiger partial charge in [-0.2, -0.15) is 0 Å². The molecule has 1 aromatic heterocycles. The highest BCUT2D eigenvalue weighted by molar-refractivity contribution is 5.56. The lowest BCUT2D eigenvalue weighted by atomic mass is 10.1. The molecule has 0 amide bonds. The molecule has 2 aromatic rings. The van der Waals surface area contributed by atoms with Gasteiger partial charge in [-0.25, -0.2) is 0 Å². The number of aromatic nitrogens is 3. The molecule has 3 heteroatoms. The van der Waals surface area contributed by atoms with E-state index in [1.165, 1.54) is 0 Å². The Hall–Kier alpha value is -1.64. The molecule has 0 saturated heterocycles. The largest absolute Gasteiger partial charge is 0.252 e. The Morgan fingerprint density at radius 1 is 1.19 bits per heavy atom. The maximum absolute atomic E-state index is 4.18. The van der Waals surface area contributed by atoms with Gasteiger partial charge in [-0.05, 0) is 12.3 Å². The molecule has 0 unspecified atom stereocenters. The quantitative estimate of drug-likeness (QED) is 0.785. The molecule has 0 aliphatic rings. The zero-order chi connectivity index (χ0) is 11.4. The first-order valence-corrected chi connectivity index (χ1v) is 5.71. The fourth-order valence-corrected chi connectivity index (χ4v) is 1.54. The smallest absolute Gasteiger partial charge is 0.113 e. The summed E-state index contributed by atoms with van der Waals surface area (Å²) < 4.78 is 1.92. The van der Waals surface area contributed by atoms with Crippen molar-refractivity contribution in [3.05, 3.63) is 36.5 Å². The highest BCUT2D eigenvalue weighted by Crippen LogP contribution is 2.15. The second-order valence-electron chi connectivity index (χ2n) is 4.42. The van der Waals surface area contributed by atoms with Crippen LogP contribution in [-0.4, -0.2) is 15.0 Å². The van der Waals surface area contributed by atoms with Crippen molar-refractivity contribution < 1.29 is 0 Å². The zero-order valence-electron chi connectivity index (χ0n) is 9.80. The minimum atomic E-state index is 0.698. The van der Waals surface area contributed by atoms with Crippen LogP contribution in [0.1, 0.15) is 20.3 Å². The van der Waals surface area contributed by atoms with Gasteiger partial charge < -0.3 is 0 Å². The molecule has 0 atom stereocenters. The molecule has 16 heavy (non-hydrogen) atoms. The molecule has 3 nitrogen and oxygen atoms in total. The van der Waals surface area contributed by atoms with Crippen LogP contribution in [-0.2, 0) is 6.54 Å². The van der Waals surface area contributed by atoms with E-state index in [4.69, 9.17) is 0 Å². The minimum Gasteiger partial charge on any atom is -0.252 e. The average Bonchev–Trinajstić information content (AvgIpc) is 2.76. The number of hydrogen-bond acceptors (Lipinski definition) is 2. The molecule has 0 bridgehead atoms. The molecule has 0 spiro atoms. The van der Waals surface area contributed by atoms with E-state index in [0.29, 0.717) is 5.92 Å². The topological polar surface area (TPSA) is 30.7 Å². The van der Waals surface area contributed by atoms with E-state index in [-0.39, 0.29) is 0 Å². The SMILES string of the molecule is CC(C)CCn1cc(-c2ccccc2)nn1. The minimum absolute atomic E-state index is 0.698. The lowest BCUT2D eigenvalue weighted by molar-refractivity contribution is 0.478. The average molecular weight is 215 g/mol. The lowest BCUT2D eigenvalue weighted by Gasteiger charge is -2.02. The molecule has 0 aliphatic heterocycles. The summed E-state index contributed by atoms with van der Waals surface area (Å²) in [7, 11) is 0. The van der Waals surface area contributed by atoms with Gasteiger partial charge in [-0.3, -0.25) is 4.68 Å². The second-order valence-corrected chi connectivity index (χ2v) is 4.42. The Balaban J connectivity index is 2.08. The van der Waals surface area contributed by atoms with Crippen molar-refractivity contribution >= 4 is 0 Å². The van der Waals surface area contributed by atoms with Gasteiger partial charge in [-0.15, -0.1) is 5.10 Å². The summed E-state index contributed by atoms with van der Waals surface area (Å²) in [6, 6.07) is 10.1. The summed E-state index contributed by atoms with van der Waals surface area (Å²) >= 11 is 0. The second kappa shape index (κ2) is 4.92. The van der Waals surface area contributed by atoms with Crippen LogP contribution in [0.4, 0.5) is 0 Å². The number of rotatable bonds is 4. The highest BCUT2D eigenvalue weighted by atomic mass is 15.4. The first-order chi connectivity index (χ1) is 7.75.